The first-order chi connectivity index (χ1) is 10.7. The summed E-state index contributed by atoms with van der Waals surface area (Å²) in [6, 6.07) is 11.1. The molecular formula is C17H15N3O2. The first kappa shape index (κ1) is 13.0. The third-order valence-electron chi connectivity index (χ3n) is 4.56. The largest absolute Gasteiger partial charge is 0.376 e. The minimum Gasteiger partial charge on any atom is -0.376 e. The molecule has 0 spiro atoms. The molecule has 2 heterocycles. The average Bonchev–Trinajstić information content (AvgIpc) is 3.04. The minimum atomic E-state index is -0.335. The maximum atomic E-state index is 11.0. The fourth-order valence-corrected chi connectivity index (χ4v) is 3.55. The second kappa shape index (κ2) is 4.94. The highest BCUT2D eigenvalue weighted by molar-refractivity contribution is 5.62. The Morgan fingerprint density at radius 1 is 1.27 bits per heavy atom. The summed E-state index contributed by atoms with van der Waals surface area (Å²) in [5.74, 6) is 0.563. The lowest BCUT2D eigenvalue weighted by Crippen LogP contribution is -2.29. The van der Waals surface area contributed by atoms with Crippen molar-refractivity contribution >= 4 is 11.4 Å². The molecule has 2 aromatic rings. The van der Waals surface area contributed by atoms with Gasteiger partial charge in [0.1, 0.15) is 0 Å². The Hall–Kier alpha value is -2.69. The second-order valence-corrected chi connectivity index (χ2v) is 5.76. The zero-order valence-electron chi connectivity index (χ0n) is 11.8. The number of hydrogen-bond donors (Lipinski definition) is 1. The van der Waals surface area contributed by atoms with E-state index in [2.05, 4.69) is 22.5 Å². The Morgan fingerprint density at radius 3 is 2.95 bits per heavy atom. The van der Waals surface area contributed by atoms with Gasteiger partial charge in [-0.25, -0.2) is 0 Å². The van der Waals surface area contributed by atoms with Crippen molar-refractivity contribution in [3.63, 3.8) is 0 Å². The highest BCUT2D eigenvalue weighted by atomic mass is 16.6. The quantitative estimate of drug-likeness (QED) is 0.519. The molecule has 110 valence electrons. The normalized spacial score (nSPS) is 25.2. The highest BCUT2D eigenvalue weighted by Gasteiger charge is 2.39. The number of nitrogens with one attached hydrogen (secondary N) is 1. The van der Waals surface area contributed by atoms with Crippen molar-refractivity contribution in [2.75, 3.05) is 5.32 Å². The van der Waals surface area contributed by atoms with Gasteiger partial charge < -0.3 is 5.32 Å². The van der Waals surface area contributed by atoms with E-state index in [-0.39, 0.29) is 22.6 Å². The van der Waals surface area contributed by atoms with Crippen molar-refractivity contribution in [2.24, 2.45) is 5.92 Å². The third kappa shape index (κ3) is 1.97. The number of nitrogens with zero attached hydrogens (tertiary/aromatic N) is 2. The molecule has 0 bridgehead atoms. The number of benzene rings is 1. The lowest BCUT2D eigenvalue weighted by Gasteiger charge is -2.36. The molecule has 1 aromatic carbocycles. The summed E-state index contributed by atoms with van der Waals surface area (Å²) in [7, 11) is 0. The predicted octanol–water partition coefficient (Wildman–Crippen LogP) is 3.82. The van der Waals surface area contributed by atoms with Gasteiger partial charge in [0.25, 0.3) is 5.69 Å². The lowest BCUT2D eigenvalue weighted by atomic mass is 9.78. The molecule has 5 heteroatoms. The molecule has 3 atom stereocenters. The van der Waals surface area contributed by atoms with Gasteiger partial charge in [0.05, 0.1) is 16.7 Å². The van der Waals surface area contributed by atoms with Crippen molar-refractivity contribution in [1.82, 2.24) is 4.98 Å². The number of non-ortho nitro benzene ring substituents is 1. The van der Waals surface area contributed by atoms with Gasteiger partial charge in [-0.05, 0) is 36.1 Å². The van der Waals surface area contributed by atoms with Crippen LogP contribution in [0, 0.1) is 16.0 Å². The molecule has 0 unspecified atom stereocenters. The highest BCUT2D eigenvalue weighted by Crippen LogP contribution is 2.49. The lowest BCUT2D eigenvalue weighted by molar-refractivity contribution is -0.384. The molecule has 0 saturated carbocycles. The summed E-state index contributed by atoms with van der Waals surface area (Å²) in [6.07, 6.45) is 7.10. The maximum absolute atomic E-state index is 11.0. The second-order valence-electron chi connectivity index (χ2n) is 5.76. The Labute approximate surface area is 127 Å². The minimum absolute atomic E-state index is 0.134. The molecule has 22 heavy (non-hydrogen) atoms. The molecule has 2 aliphatic rings. The van der Waals surface area contributed by atoms with Crippen LogP contribution in [-0.2, 0) is 0 Å². The summed E-state index contributed by atoms with van der Waals surface area (Å²) in [5, 5.41) is 14.5. The van der Waals surface area contributed by atoms with E-state index >= 15 is 0 Å². The van der Waals surface area contributed by atoms with Crippen LogP contribution < -0.4 is 5.32 Å². The zero-order chi connectivity index (χ0) is 15.1. The first-order valence-corrected chi connectivity index (χ1v) is 7.36. The van der Waals surface area contributed by atoms with E-state index < -0.39 is 0 Å². The smallest absolute Gasteiger partial charge is 0.269 e. The number of fused-ring (bicyclic) bond motifs is 3. The van der Waals surface area contributed by atoms with Crippen LogP contribution in [0.4, 0.5) is 11.4 Å². The van der Waals surface area contributed by atoms with Crippen LogP contribution in [0.2, 0.25) is 0 Å². The predicted molar refractivity (Wildman–Crippen MR) is 83.7 cm³/mol. The molecule has 1 aliphatic heterocycles. The van der Waals surface area contributed by atoms with Gasteiger partial charge >= 0.3 is 0 Å². The number of rotatable bonds is 2. The van der Waals surface area contributed by atoms with Crippen LogP contribution in [0.5, 0.6) is 0 Å². The van der Waals surface area contributed by atoms with Gasteiger partial charge in [-0.2, -0.15) is 0 Å². The van der Waals surface area contributed by atoms with Crippen LogP contribution in [0.1, 0.15) is 29.6 Å². The standard InChI is InChI=1S/C17H15N3O2/c21-20(22)11-7-8-15-14(10-11)12-4-3-5-13(12)17(19-15)16-6-1-2-9-18-16/h1-4,6-10,12-13,17,19H,5H2/t12-,13-,17-/m1/s1. The van der Waals surface area contributed by atoms with E-state index in [4.69, 9.17) is 0 Å². The van der Waals surface area contributed by atoms with E-state index in [9.17, 15) is 10.1 Å². The molecule has 0 amide bonds. The fourth-order valence-electron chi connectivity index (χ4n) is 3.55. The van der Waals surface area contributed by atoms with Crippen LogP contribution in [-0.4, -0.2) is 9.91 Å². The van der Waals surface area contributed by atoms with E-state index in [0.717, 1.165) is 23.4 Å². The van der Waals surface area contributed by atoms with Crippen LogP contribution in [0.15, 0.2) is 54.7 Å². The average molecular weight is 293 g/mol. The van der Waals surface area contributed by atoms with Crippen molar-refractivity contribution in [3.8, 4) is 0 Å². The number of allylic oxidation sites excluding steroid dienone is 2. The Balaban J connectivity index is 1.79. The Bertz CT molecular complexity index is 758. The number of pyridine rings is 1. The van der Waals surface area contributed by atoms with Gasteiger partial charge in [0.15, 0.2) is 0 Å². The molecule has 1 aliphatic carbocycles. The summed E-state index contributed by atoms with van der Waals surface area (Å²) in [4.78, 5) is 15.2. The van der Waals surface area contributed by atoms with Crippen LogP contribution in [0.3, 0.4) is 0 Å². The Morgan fingerprint density at radius 2 is 2.18 bits per heavy atom. The number of hydrogen-bond acceptors (Lipinski definition) is 4. The third-order valence-corrected chi connectivity index (χ3v) is 4.56. The maximum Gasteiger partial charge on any atom is 0.269 e. The van der Waals surface area contributed by atoms with E-state index in [1.54, 1.807) is 18.3 Å². The van der Waals surface area contributed by atoms with Crippen molar-refractivity contribution < 1.29 is 4.92 Å². The summed E-state index contributed by atoms with van der Waals surface area (Å²) >= 11 is 0. The van der Waals surface area contributed by atoms with E-state index in [1.807, 2.05) is 24.3 Å². The SMILES string of the molecule is O=[N+]([O-])c1ccc2c(c1)[C@@H]1C=CC[C@H]1[C@H](c1ccccn1)N2. The van der Waals surface area contributed by atoms with Crippen LogP contribution in [0.25, 0.3) is 0 Å². The van der Waals surface area contributed by atoms with E-state index in [1.165, 1.54) is 0 Å². The molecule has 4 rings (SSSR count). The summed E-state index contributed by atoms with van der Waals surface area (Å²) < 4.78 is 0. The number of anilines is 1. The number of nitro groups is 1. The topological polar surface area (TPSA) is 68.1 Å². The van der Waals surface area contributed by atoms with Crippen LogP contribution >= 0.6 is 0 Å². The molecule has 5 nitrogen and oxygen atoms in total. The summed E-state index contributed by atoms with van der Waals surface area (Å²) in [5.41, 5.74) is 3.15. The number of nitro benzene ring substituents is 1. The monoisotopic (exact) mass is 293 g/mol. The van der Waals surface area contributed by atoms with Gasteiger partial charge in [-0.15, -0.1) is 0 Å². The molecule has 1 aromatic heterocycles. The van der Waals surface area contributed by atoms with E-state index in [0.29, 0.717) is 5.92 Å². The Kier molecular flexibility index (Phi) is 2.92. The molecule has 0 saturated heterocycles. The molecule has 0 fully saturated rings. The molecule has 1 N–H and O–H groups in total. The van der Waals surface area contributed by atoms with Gasteiger partial charge in [-0.1, -0.05) is 18.2 Å². The van der Waals surface area contributed by atoms with Gasteiger partial charge in [-0.3, -0.25) is 15.1 Å². The fraction of sp³-hybridized carbons (Fsp3) is 0.235. The van der Waals surface area contributed by atoms with Gasteiger partial charge in [0, 0.05) is 29.9 Å². The number of aromatic nitrogens is 1. The summed E-state index contributed by atoms with van der Waals surface area (Å²) in [6.45, 7) is 0. The molecule has 0 radical (unpaired) electrons. The zero-order valence-corrected chi connectivity index (χ0v) is 11.8. The van der Waals surface area contributed by atoms with Crippen molar-refractivity contribution in [3.05, 3.63) is 76.1 Å². The first-order valence-electron chi connectivity index (χ1n) is 7.36. The van der Waals surface area contributed by atoms with Gasteiger partial charge in [0.2, 0.25) is 0 Å². The van der Waals surface area contributed by atoms with Crippen molar-refractivity contribution in [2.45, 2.75) is 18.4 Å². The molecular weight excluding hydrogens is 278 g/mol. The van der Waals surface area contributed by atoms with Crippen molar-refractivity contribution in [1.29, 1.82) is 0 Å².